The van der Waals surface area contributed by atoms with Crippen LogP contribution in [0.2, 0.25) is 0 Å². The van der Waals surface area contributed by atoms with Gasteiger partial charge in [0.2, 0.25) is 5.95 Å². The minimum absolute atomic E-state index is 0.411. The first-order chi connectivity index (χ1) is 9.67. The lowest BCUT2D eigenvalue weighted by atomic mass is 10.4. The van der Waals surface area contributed by atoms with E-state index in [0.717, 1.165) is 24.7 Å². The lowest BCUT2D eigenvalue weighted by molar-refractivity contribution is 1.06. The van der Waals surface area contributed by atoms with Crippen LogP contribution >= 0.6 is 39.0 Å². The van der Waals surface area contributed by atoms with Crippen LogP contribution in [-0.4, -0.2) is 15.0 Å². The molecule has 20 heavy (non-hydrogen) atoms. The number of nitrogens with one attached hydrogen (secondary N) is 1. The number of thiophene rings is 1. The zero-order valence-electron chi connectivity index (χ0n) is 10.4. The normalized spacial score (nSPS) is 10.9. The number of pyridine rings is 1. The molecule has 0 saturated carbocycles. The van der Waals surface area contributed by atoms with Gasteiger partial charge in [0.1, 0.15) is 14.9 Å². The number of aryl methyl sites for hydroxylation is 1. The first kappa shape index (κ1) is 13.7. The SMILES string of the molecule is Cc1cc2c(Sc3ncccc3Br)nc(NN)nc2s1. The summed E-state index contributed by atoms with van der Waals surface area (Å²) in [4.78, 5) is 15.2. The molecule has 0 amide bonds. The van der Waals surface area contributed by atoms with E-state index in [1.807, 2.05) is 19.1 Å². The summed E-state index contributed by atoms with van der Waals surface area (Å²) in [6.07, 6.45) is 1.76. The molecule has 5 nitrogen and oxygen atoms in total. The van der Waals surface area contributed by atoms with E-state index in [1.165, 1.54) is 16.6 Å². The second kappa shape index (κ2) is 5.65. The molecule has 0 radical (unpaired) electrons. The third-order valence-corrected chi connectivity index (χ3v) is 5.40. The molecule has 0 aliphatic carbocycles. The van der Waals surface area contributed by atoms with Gasteiger partial charge in [-0.05, 0) is 52.8 Å². The number of nitrogen functional groups attached to an aromatic ring is 1. The van der Waals surface area contributed by atoms with Crippen LogP contribution in [0.25, 0.3) is 10.2 Å². The van der Waals surface area contributed by atoms with Crippen molar-refractivity contribution in [2.45, 2.75) is 17.0 Å². The van der Waals surface area contributed by atoms with Crippen LogP contribution in [0.5, 0.6) is 0 Å². The predicted octanol–water partition coefficient (Wildman–Crippen LogP) is 3.59. The largest absolute Gasteiger partial charge is 0.292 e. The highest BCUT2D eigenvalue weighted by Gasteiger charge is 2.13. The summed E-state index contributed by atoms with van der Waals surface area (Å²) in [7, 11) is 0. The minimum Gasteiger partial charge on any atom is -0.292 e. The Morgan fingerprint density at radius 3 is 2.95 bits per heavy atom. The van der Waals surface area contributed by atoms with Gasteiger partial charge in [0.15, 0.2) is 0 Å². The predicted molar refractivity (Wildman–Crippen MR) is 86.0 cm³/mol. The highest BCUT2D eigenvalue weighted by atomic mass is 79.9. The summed E-state index contributed by atoms with van der Waals surface area (Å²) < 4.78 is 0.936. The topological polar surface area (TPSA) is 76.7 Å². The fourth-order valence-corrected chi connectivity index (χ4v) is 4.00. The first-order valence-corrected chi connectivity index (χ1v) is 8.13. The van der Waals surface area contributed by atoms with E-state index < -0.39 is 0 Å². The number of hydrogen-bond donors (Lipinski definition) is 2. The average molecular weight is 368 g/mol. The smallest absolute Gasteiger partial charge is 0.239 e. The number of fused-ring (bicyclic) bond motifs is 1. The van der Waals surface area contributed by atoms with Crippen LogP contribution in [0.1, 0.15) is 4.88 Å². The van der Waals surface area contributed by atoms with Crippen molar-refractivity contribution in [2.75, 3.05) is 5.43 Å². The van der Waals surface area contributed by atoms with Crippen molar-refractivity contribution in [3.63, 3.8) is 0 Å². The van der Waals surface area contributed by atoms with E-state index in [9.17, 15) is 0 Å². The molecule has 3 rings (SSSR count). The molecule has 0 aliphatic heterocycles. The van der Waals surface area contributed by atoms with Crippen LogP contribution < -0.4 is 11.3 Å². The number of nitrogens with zero attached hydrogens (tertiary/aromatic N) is 3. The van der Waals surface area contributed by atoms with Gasteiger partial charge < -0.3 is 0 Å². The van der Waals surface area contributed by atoms with Crippen molar-refractivity contribution in [1.29, 1.82) is 0 Å². The number of rotatable bonds is 3. The Morgan fingerprint density at radius 2 is 2.20 bits per heavy atom. The Bertz CT molecular complexity index is 774. The zero-order chi connectivity index (χ0) is 14.1. The van der Waals surface area contributed by atoms with Crippen molar-refractivity contribution in [2.24, 2.45) is 5.84 Å². The molecular weight excluding hydrogens is 358 g/mol. The van der Waals surface area contributed by atoms with E-state index in [1.54, 1.807) is 17.5 Å². The summed E-state index contributed by atoms with van der Waals surface area (Å²) in [5.74, 6) is 5.85. The van der Waals surface area contributed by atoms with Gasteiger partial charge >= 0.3 is 0 Å². The molecule has 3 aromatic heterocycles. The fourth-order valence-electron chi connectivity index (χ4n) is 1.70. The number of nitrogens with two attached hydrogens (primary N) is 1. The van der Waals surface area contributed by atoms with Gasteiger partial charge in [-0.3, -0.25) is 5.43 Å². The third kappa shape index (κ3) is 2.64. The molecule has 0 unspecified atom stereocenters. The average Bonchev–Trinajstić information content (AvgIpc) is 2.81. The fraction of sp³-hybridized carbons (Fsp3) is 0.0833. The summed E-state index contributed by atoms with van der Waals surface area (Å²) in [5.41, 5.74) is 2.51. The minimum atomic E-state index is 0.411. The standard InChI is InChI=1S/C12H10BrN5S2/c1-6-5-7-9(19-6)16-12(18-14)17-10(7)20-11-8(13)3-2-4-15-11/h2-5H,14H2,1H3,(H,16,17,18). The lowest BCUT2D eigenvalue weighted by Crippen LogP contribution is -2.10. The highest BCUT2D eigenvalue weighted by Crippen LogP contribution is 2.37. The van der Waals surface area contributed by atoms with Crippen LogP contribution in [0.4, 0.5) is 5.95 Å². The van der Waals surface area contributed by atoms with Crippen molar-refractivity contribution in [3.05, 3.63) is 33.7 Å². The molecular formula is C12H10BrN5S2. The number of aromatic nitrogens is 3. The maximum Gasteiger partial charge on any atom is 0.239 e. The molecule has 0 spiro atoms. The number of hydrazine groups is 1. The molecule has 0 aromatic carbocycles. The van der Waals surface area contributed by atoms with Gasteiger partial charge in [0, 0.05) is 16.5 Å². The quantitative estimate of drug-likeness (QED) is 0.418. The highest BCUT2D eigenvalue weighted by molar-refractivity contribution is 9.10. The number of anilines is 1. The summed E-state index contributed by atoms with van der Waals surface area (Å²) in [5, 5.41) is 2.72. The van der Waals surface area contributed by atoms with E-state index in [-0.39, 0.29) is 0 Å². The van der Waals surface area contributed by atoms with Gasteiger partial charge in [0.25, 0.3) is 0 Å². The zero-order valence-corrected chi connectivity index (χ0v) is 13.6. The molecule has 102 valence electrons. The lowest BCUT2D eigenvalue weighted by Gasteiger charge is -2.05. The van der Waals surface area contributed by atoms with Gasteiger partial charge in [-0.25, -0.2) is 20.8 Å². The molecule has 0 atom stereocenters. The van der Waals surface area contributed by atoms with Gasteiger partial charge in [-0.2, -0.15) is 0 Å². The Kier molecular flexibility index (Phi) is 3.88. The van der Waals surface area contributed by atoms with Crippen LogP contribution in [0.3, 0.4) is 0 Å². The monoisotopic (exact) mass is 367 g/mol. The Labute approximate surface area is 132 Å². The van der Waals surface area contributed by atoms with E-state index in [2.05, 4.69) is 42.4 Å². The van der Waals surface area contributed by atoms with Crippen LogP contribution in [0, 0.1) is 6.92 Å². The van der Waals surface area contributed by atoms with E-state index >= 15 is 0 Å². The molecule has 8 heteroatoms. The van der Waals surface area contributed by atoms with Gasteiger partial charge in [-0.1, -0.05) is 0 Å². The molecule has 0 bridgehead atoms. The van der Waals surface area contributed by atoms with E-state index in [0.29, 0.717) is 5.95 Å². The second-order valence-corrected chi connectivity index (χ2v) is 7.03. The summed E-state index contributed by atoms with van der Waals surface area (Å²) in [6, 6.07) is 5.92. The molecule has 0 saturated heterocycles. The third-order valence-electron chi connectivity index (χ3n) is 2.53. The second-order valence-electron chi connectivity index (χ2n) is 3.97. The van der Waals surface area contributed by atoms with Crippen molar-refractivity contribution < 1.29 is 0 Å². The first-order valence-electron chi connectivity index (χ1n) is 5.70. The maximum absolute atomic E-state index is 5.44. The summed E-state index contributed by atoms with van der Waals surface area (Å²) in [6.45, 7) is 2.05. The summed E-state index contributed by atoms with van der Waals surface area (Å²) >= 11 is 6.60. The molecule has 3 N–H and O–H groups in total. The van der Waals surface area contributed by atoms with Crippen LogP contribution in [0.15, 0.2) is 38.9 Å². The van der Waals surface area contributed by atoms with Gasteiger partial charge in [-0.15, -0.1) is 11.3 Å². The number of hydrogen-bond acceptors (Lipinski definition) is 7. The molecule has 0 aliphatic rings. The van der Waals surface area contributed by atoms with Crippen molar-refractivity contribution in [3.8, 4) is 0 Å². The number of halogens is 1. The maximum atomic E-state index is 5.44. The van der Waals surface area contributed by atoms with E-state index in [4.69, 9.17) is 5.84 Å². The molecule has 0 fully saturated rings. The Balaban J connectivity index is 2.12. The van der Waals surface area contributed by atoms with Gasteiger partial charge in [0.05, 0.1) is 4.47 Å². The molecule has 3 aromatic rings. The molecule has 3 heterocycles. The Morgan fingerprint density at radius 1 is 1.35 bits per heavy atom. The van der Waals surface area contributed by atoms with Crippen LogP contribution in [-0.2, 0) is 0 Å². The Hall–Kier alpha value is -1.22. The van der Waals surface area contributed by atoms with Crippen molar-refractivity contribution >= 4 is 55.2 Å². The van der Waals surface area contributed by atoms with Crippen molar-refractivity contribution in [1.82, 2.24) is 15.0 Å².